The molecule has 13 heteroatoms. The zero-order valence-corrected chi connectivity index (χ0v) is 22.2. The first-order valence-electron chi connectivity index (χ1n) is 13.2. The number of nitrogens with two attached hydrogens (primary N) is 4. The molecule has 0 spiro atoms. The van der Waals surface area contributed by atoms with Crippen LogP contribution in [0.15, 0.2) is 35.3 Å². The Bertz CT molecular complexity index is 978. The van der Waals surface area contributed by atoms with Crippen molar-refractivity contribution in [3.63, 3.8) is 0 Å². The molecule has 1 aliphatic carbocycles. The van der Waals surface area contributed by atoms with Crippen molar-refractivity contribution >= 4 is 29.6 Å². The average molecular weight is 547 g/mol. The number of aliphatic imine (C=N–C) groups is 1. The molecule has 3 atom stereocenters. The van der Waals surface area contributed by atoms with Crippen LogP contribution in [-0.2, 0) is 25.6 Å². The van der Waals surface area contributed by atoms with Crippen molar-refractivity contribution in [1.82, 2.24) is 16.0 Å². The number of hydrogen-bond acceptors (Lipinski definition) is 7. The van der Waals surface area contributed by atoms with E-state index in [4.69, 9.17) is 22.9 Å². The van der Waals surface area contributed by atoms with E-state index >= 15 is 0 Å². The molecule has 0 unspecified atom stereocenters. The maximum absolute atomic E-state index is 13.3. The Morgan fingerprint density at radius 1 is 0.897 bits per heavy atom. The molecule has 0 aliphatic heterocycles. The molecular formula is C26H42N8O5. The molecule has 1 aromatic carbocycles. The van der Waals surface area contributed by atoms with Gasteiger partial charge in [0, 0.05) is 12.6 Å². The van der Waals surface area contributed by atoms with Crippen molar-refractivity contribution in [3.05, 3.63) is 35.9 Å². The highest BCUT2D eigenvalue weighted by atomic mass is 16.3. The summed E-state index contributed by atoms with van der Waals surface area (Å²) in [5, 5.41) is 17.6. The van der Waals surface area contributed by atoms with Crippen molar-refractivity contribution in [2.45, 2.75) is 75.5 Å². The molecule has 1 saturated carbocycles. The number of aliphatic hydroxyl groups is 1. The van der Waals surface area contributed by atoms with Crippen molar-refractivity contribution in [1.29, 1.82) is 0 Å². The summed E-state index contributed by atoms with van der Waals surface area (Å²) < 4.78 is 0. The number of carbonyl (C=O) groups excluding carboxylic acids is 4. The van der Waals surface area contributed by atoms with Crippen LogP contribution < -0.4 is 38.9 Å². The van der Waals surface area contributed by atoms with Crippen LogP contribution in [0.2, 0.25) is 0 Å². The van der Waals surface area contributed by atoms with Crippen LogP contribution in [0.25, 0.3) is 0 Å². The maximum Gasteiger partial charge on any atom is 0.245 e. The highest BCUT2D eigenvalue weighted by molar-refractivity contribution is 5.94. The van der Waals surface area contributed by atoms with E-state index < -0.39 is 42.5 Å². The van der Waals surface area contributed by atoms with Crippen LogP contribution >= 0.6 is 0 Å². The Balaban J connectivity index is 2.04. The Kier molecular flexibility index (Phi) is 13.2. The van der Waals surface area contributed by atoms with Gasteiger partial charge in [-0.05, 0) is 56.4 Å². The largest absolute Gasteiger partial charge is 0.394 e. The fraction of sp³-hybridized carbons (Fsp3) is 0.577. The standard InChI is InChI=1S/C26H42N8O5/c27-18-10-8-17(9-11-18)13-20(32-22(36)14-16-5-2-1-3-6-16)24(38)34-21(15-35)25(39)33-19(23(28)37)7-4-12-31-26(29)30/h1-3,5-6,17-21,35H,4,7-15,27H2,(H2,28,37)(H,32,36)(H,33,39)(H,34,38)(H4,29,30,31)/t17?,18?,19-,20-,21-/m0/s1. The number of rotatable bonds is 15. The van der Waals surface area contributed by atoms with Gasteiger partial charge in [0.15, 0.2) is 5.96 Å². The van der Waals surface area contributed by atoms with Crippen molar-refractivity contribution < 1.29 is 24.3 Å². The van der Waals surface area contributed by atoms with Gasteiger partial charge in [0.1, 0.15) is 18.1 Å². The molecule has 4 amide bonds. The van der Waals surface area contributed by atoms with E-state index in [0.29, 0.717) is 12.8 Å². The van der Waals surface area contributed by atoms with Crippen molar-refractivity contribution in [2.75, 3.05) is 13.2 Å². The van der Waals surface area contributed by atoms with Crippen molar-refractivity contribution in [2.24, 2.45) is 33.8 Å². The van der Waals surface area contributed by atoms with E-state index in [2.05, 4.69) is 20.9 Å². The molecule has 0 saturated heterocycles. The molecule has 1 aromatic rings. The van der Waals surface area contributed by atoms with Gasteiger partial charge in [-0.2, -0.15) is 0 Å². The Morgan fingerprint density at radius 2 is 1.51 bits per heavy atom. The number of hydrogen-bond donors (Lipinski definition) is 8. The molecule has 39 heavy (non-hydrogen) atoms. The second kappa shape index (κ2) is 16.3. The number of primary amides is 1. The summed E-state index contributed by atoms with van der Waals surface area (Å²) in [4.78, 5) is 54.5. The number of carbonyl (C=O) groups is 4. The molecule has 216 valence electrons. The molecule has 0 heterocycles. The molecule has 13 nitrogen and oxygen atoms in total. The van der Waals surface area contributed by atoms with E-state index in [1.807, 2.05) is 30.3 Å². The molecule has 0 aromatic heterocycles. The SMILES string of the molecule is NC(=O)[C@H](CCCN=C(N)N)NC(=O)[C@H](CO)NC(=O)[C@H](CC1CCC(N)CC1)NC(=O)Cc1ccccc1. The Morgan fingerprint density at radius 3 is 2.10 bits per heavy atom. The molecule has 0 bridgehead atoms. The van der Waals surface area contributed by atoms with Crippen LogP contribution in [0, 0.1) is 5.92 Å². The topological polar surface area (TPSA) is 241 Å². The summed E-state index contributed by atoms with van der Waals surface area (Å²) in [6.45, 7) is -0.488. The predicted molar refractivity (Wildman–Crippen MR) is 147 cm³/mol. The predicted octanol–water partition coefficient (Wildman–Crippen LogP) is -1.88. The van der Waals surface area contributed by atoms with Crippen LogP contribution in [0.5, 0.6) is 0 Å². The highest BCUT2D eigenvalue weighted by Gasteiger charge is 2.31. The van der Waals surface area contributed by atoms with Gasteiger partial charge in [-0.3, -0.25) is 24.2 Å². The fourth-order valence-electron chi connectivity index (χ4n) is 4.54. The summed E-state index contributed by atoms with van der Waals surface area (Å²) in [6, 6.07) is 5.92. The second-order valence-electron chi connectivity index (χ2n) is 9.96. The van der Waals surface area contributed by atoms with Gasteiger partial charge in [0.2, 0.25) is 23.6 Å². The van der Waals surface area contributed by atoms with E-state index in [9.17, 15) is 24.3 Å². The van der Waals surface area contributed by atoms with E-state index in [1.165, 1.54) is 0 Å². The summed E-state index contributed by atoms with van der Waals surface area (Å²) >= 11 is 0. The van der Waals surface area contributed by atoms with Gasteiger partial charge >= 0.3 is 0 Å². The summed E-state index contributed by atoms with van der Waals surface area (Å²) in [6.07, 6.45) is 4.28. The minimum absolute atomic E-state index is 0.0875. The molecule has 1 fully saturated rings. The third-order valence-corrected chi connectivity index (χ3v) is 6.74. The monoisotopic (exact) mass is 546 g/mol. The first kappa shape index (κ1) is 31.5. The van der Waals surface area contributed by atoms with Crippen molar-refractivity contribution in [3.8, 4) is 0 Å². The van der Waals surface area contributed by atoms with Gasteiger partial charge in [0.05, 0.1) is 13.0 Å². The first-order valence-corrected chi connectivity index (χ1v) is 13.2. The van der Waals surface area contributed by atoms with Crippen LogP contribution in [0.4, 0.5) is 0 Å². The lowest BCUT2D eigenvalue weighted by molar-refractivity contribution is -0.134. The van der Waals surface area contributed by atoms with E-state index in [0.717, 1.165) is 31.2 Å². The zero-order valence-electron chi connectivity index (χ0n) is 22.2. The molecule has 2 rings (SSSR count). The summed E-state index contributed by atoms with van der Waals surface area (Å²) in [5.41, 5.74) is 22.8. The smallest absolute Gasteiger partial charge is 0.245 e. The molecule has 1 aliphatic rings. The van der Waals surface area contributed by atoms with Gasteiger partial charge in [-0.1, -0.05) is 30.3 Å². The summed E-state index contributed by atoms with van der Waals surface area (Å²) in [7, 11) is 0. The zero-order chi connectivity index (χ0) is 28.8. The maximum atomic E-state index is 13.3. The van der Waals surface area contributed by atoms with Gasteiger partial charge < -0.3 is 44.0 Å². The van der Waals surface area contributed by atoms with Gasteiger partial charge in [-0.15, -0.1) is 0 Å². The number of guanidine groups is 1. The Labute approximate surface area is 228 Å². The molecular weight excluding hydrogens is 504 g/mol. The normalized spacial score (nSPS) is 19.1. The average Bonchev–Trinajstić information content (AvgIpc) is 2.89. The lowest BCUT2D eigenvalue weighted by Gasteiger charge is -2.30. The second-order valence-corrected chi connectivity index (χ2v) is 9.96. The quantitative estimate of drug-likeness (QED) is 0.0701. The lowest BCUT2D eigenvalue weighted by atomic mass is 9.82. The highest BCUT2D eigenvalue weighted by Crippen LogP contribution is 2.27. The third kappa shape index (κ3) is 11.7. The first-order chi connectivity index (χ1) is 18.6. The van der Waals surface area contributed by atoms with Gasteiger partial charge in [0.25, 0.3) is 0 Å². The fourth-order valence-corrected chi connectivity index (χ4v) is 4.54. The van der Waals surface area contributed by atoms with E-state index in [1.54, 1.807) is 0 Å². The number of nitrogens with zero attached hydrogens (tertiary/aromatic N) is 1. The van der Waals surface area contributed by atoms with Crippen LogP contribution in [0.3, 0.4) is 0 Å². The van der Waals surface area contributed by atoms with Crippen LogP contribution in [0.1, 0.15) is 50.5 Å². The minimum atomic E-state index is -1.36. The number of benzene rings is 1. The molecule has 12 N–H and O–H groups in total. The minimum Gasteiger partial charge on any atom is -0.394 e. The third-order valence-electron chi connectivity index (χ3n) is 6.74. The summed E-state index contributed by atoms with van der Waals surface area (Å²) in [5.74, 6) is -2.44. The van der Waals surface area contributed by atoms with Crippen LogP contribution in [-0.4, -0.2) is 72.0 Å². The van der Waals surface area contributed by atoms with E-state index in [-0.39, 0.29) is 43.2 Å². The van der Waals surface area contributed by atoms with Gasteiger partial charge in [-0.25, -0.2) is 0 Å². The number of nitrogens with one attached hydrogen (secondary N) is 3. The lowest BCUT2D eigenvalue weighted by Crippen LogP contribution is -2.58. The number of aliphatic hydroxyl groups excluding tert-OH is 1. The molecule has 0 radical (unpaired) electrons. The Hall–Kier alpha value is -3.71. The number of amides is 4.